The number of hydrogen-bond acceptors (Lipinski definition) is 3. The lowest BCUT2D eigenvalue weighted by atomic mass is 9.83. The van der Waals surface area contributed by atoms with Crippen LogP contribution < -0.4 is 0 Å². The smallest absolute Gasteiger partial charge is 0.194 e. The van der Waals surface area contributed by atoms with E-state index in [1.807, 2.05) is 0 Å². The van der Waals surface area contributed by atoms with Crippen LogP contribution in [0.4, 0.5) is 0 Å². The number of aryl methyl sites for hydroxylation is 2. The van der Waals surface area contributed by atoms with Gasteiger partial charge in [0.05, 0.1) is 18.0 Å². The van der Waals surface area contributed by atoms with E-state index in [4.69, 9.17) is 0 Å². The van der Waals surface area contributed by atoms with Gasteiger partial charge in [0.15, 0.2) is 4.96 Å². The van der Waals surface area contributed by atoms with E-state index in [0.29, 0.717) is 5.92 Å². The monoisotopic (exact) mass is 290 g/mol. The van der Waals surface area contributed by atoms with Crippen molar-refractivity contribution in [3.8, 4) is 0 Å². The van der Waals surface area contributed by atoms with Crippen LogP contribution in [-0.4, -0.2) is 21.1 Å². The minimum absolute atomic E-state index is 0.167. The highest BCUT2D eigenvalue weighted by atomic mass is 32.1. The largest absolute Gasteiger partial charge is 0.392 e. The molecule has 4 heteroatoms. The number of aliphatic hydroxyl groups is 1. The first kappa shape index (κ1) is 13.8. The Kier molecular flexibility index (Phi) is 3.94. The molecule has 0 aromatic carbocycles. The van der Waals surface area contributed by atoms with E-state index in [9.17, 15) is 5.11 Å². The van der Waals surface area contributed by atoms with Crippen LogP contribution in [0.3, 0.4) is 0 Å². The van der Waals surface area contributed by atoms with Gasteiger partial charge in [-0.25, -0.2) is 4.98 Å². The molecule has 108 valence electrons. The van der Waals surface area contributed by atoms with Crippen molar-refractivity contribution in [3.05, 3.63) is 28.0 Å². The maximum Gasteiger partial charge on any atom is 0.194 e. The lowest BCUT2D eigenvalue weighted by molar-refractivity contribution is 0.295. The van der Waals surface area contributed by atoms with Gasteiger partial charge in [0.1, 0.15) is 0 Å². The van der Waals surface area contributed by atoms with E-state index in [1.165, 1.54) is 42.6 Å². The van der Waals surface area contributed by atoms with Crippen molar-refractivity contribution in [2.45, 2.75) is 46.0 Å². The minimum Gasteiger partial charge on any atom is -0.392 e. The number of nitrogens with zero attached hydrogens (tertiary/aromatic N) is 2. The molecule has 3 rings (SSSR count). The summed E-state index contributed by atoms with van der Waals surface area (Å²) in [7, 11) is 0. The highest BCUT2D eigenvalue weighted by molar-refractivity contribution is 7.17. The fraction of sp³-hybridized carbons (Fsp3) is 0.562. The zero-order chi connectivity index (χ0) is 14.1. The summed E-state index contributed by atoms with van der Waals surface area (Å²) in [6, 6.07) is 0. The van der Waals surface area contributed by atoms with Crippen LogP contribution in [-0.2, 0) is 0 Å². The Bertz CT molecular complexity index is 632. The molecule has 0 bridgehead atoms. The molecule has 0 aliphatic heterocycles. The van der Waals surface area contributed by atoms with Gasteiger partial charge in [-0.05, 0) is 44.3 Å². The first-order valence-electron chi connectivity index (χ1n) is 7.45. The molecule has 0 unspecified atom stereocenters. The zero-order valence-corrected chi connectivity index (χ0v) is 13.0. The lowest BCUT2D eigenvalue weighted by Gasteiger charge is -2.23. The quantitative estimate of drug-likeness (QED) is 0.928. The molecule has 0 amide bonds. The molecule has 1 aliphatic carbocycles. The van der Waals surface area contributed by atoms with E-state index in [1.54, 1.807) is 11.3 Å². The topological polar surface area (TPSA) is 37.5 Å². The van der Waals surface area contributed by atoms with Gasteiger partial charge in [0.2, 0.25) is 0 Å². The molecule has 20 heavy (non-hydrogen) atoms. The summed E-state index contributed by atoms with van der Waals surface area (Å²) in [5.74, 6) is 0.554. The number of thiazole rings is 1. The summed E-state index contributed by atoms with van der Waals surface area (Å²) in [6.45, 7) is 4.33. The van der Waals surface area contributed by atoms with Crippen LogP contribution in [0.2, 0.25) is 0 Å². The highest BCUT2D eigenvalue weighted by Gasteiger charge is 2.18. The molecule has 3 nitrogen and oxygen atoms in total. The molecule has 1 saturated carbocycles. The lowest BCUT2D eigenvalue weighted by Crippen LogP contribution is -2.12. The van der Waals surface area contributed by atoms with Crippen LogP contribution in [0.25, 0.3) is 11.0 Å². The van der Waals surface area contributed by atoms with Crippen LogP contribution in [0.5, 0.6) is 0 Å². The van der Waals surface area contributed by atoms with Gasteiger partial charge in [-0.2, -0.15) is 0 Å². The molecule has 0 saturated heterocycles. The number of aromatic nitrogens is 2. The summed E-state index contributed by atoms with van der Waals surface area (Å²) < 4.78 is 2.16. The van der Waals surface area contributed by atoms with Crippen molar-refractivity contribution in [1.82, 2.24) is 9.38 Å². The summed E-state index contributed by atoms with van der Waals surface area (Å²) in [5.41, 5.74) is 3.37. The molecular weight excluding hydrogens is 268 g/mol. The number of imidazole rings is 1. The summed E-state index contributed by atoms with van der Waals surface area (Å²) in [4.78, 5) is 6.94. The van der Waals surface area contributed by atoms with Crippen LogP contribution in [0.15, 0.2) is 11.8 Å². The van der Waals surface area contributed by atoms with Crippen molar-refractivity contribution < 1.29 is 5.11 Å². The number of fused-ring (bicyclic) bond motifs is 1. The fourth-order valence-corrected chi connectivity index (χ4v) is 4.07. The minimum atomic E-state index is 0.167. The van der Waals surface area contributed by atoms with Crippen LogP contribution in [0.1, 0.15) is 48.4 Å². The zero-order valence-electron chi connectivity index (χ0n) is 12.2. The SMILES string of the molecule is Cc1cn2c(/C=C(/CO)C3CCCCC3)c(C)nc2s1. The average Bonchev–Trinajstić information content (AvgIpc) is 2.93. The van der Waals surface area contributed by atoms with Gasteiger partial charge in [0, 0.05) is 11.1 Å². The molecule has 2 heterocycles. The molecule has 1 fully saturated rings. The fourth-order valence-electron chi connectivity index (χ4n) is 3.20. The number of hydrogen-bond donors (Lipinski definition) is 1. The second-order valence-electron chi connectivity index (χ2n) is 5.79. The molecule has 1 N–H and O–H groups in total. The molecule has 0 radical (unpaired) electrons. The van der Waals surface area contributed by atoms with Crippen molar-refractivity contribution in [3.63, 3.8) is 0 Å². The molecular formula is C16H22N2OS. The standard InChI is InChI=1S/C16H22N2OS/c1-11-9-18-15(12(2)17-16(18)20-11)8-14(10-19)13-6-4-3-5-7-13/h8-9,13,19H,3-7,10H2,1-2H3/b14-8-. The van der Waals surface area contributed by atoms with Crippen LogP contribution in [0, 0.1) is 19.8 Å². The summed E-state index contributed by atoms with van der Waals surface area (Å²) in [5, 5.41) is 9.75. The molecule has 0 spiro atoms. The van der Waals surface area contributed by atoms with Crippen LogP contribution >= 0.6 is 11.3 Å². The third kappa shape index (κ3) is 2.54. The Morgan fingerprint density at radius 3 is 2.85 bits per heavy atom. The average molecular weight is 290 g/mol. The van der Waals surface area contributed by atoms with E-state index < -0.39 is 0 Å². The van der Waals surface area contributed by atoms with Crippen molar-refractivity contribution >= 4 is 22.4 Å². The summed E-state index contributed by atoms with van der Waals surface area (Å²) in [6.07, 6.45) is 10.7. The van der Waals surface area contributed by atoms with Crippen molar-refractivity contribution in [1.29, 1.82) is 0 Å². The normalized spacial score (nSPS) is 18.1. The first-order valence-corrected chi connectivity index (χ1v) is 8.27. The van der Waals surface area contributed by atoms with Crippen molar-refractivity contribution in [2.75, 3.05) is 6.61 Å². The van der Waals surface area contributed by atoms with Gasteiger partial charge in [-0.1, -0.05) is 19.3 Å². The maximum atomic E-state index is 9.75. The van der Waals surface area contributed by atoms with E-state index in [2.05, 4.69) is 35.5 Å². The van der Waals surface area contributed by atoms with Gasteiger partial charge in [0.25, 0.3) is 0 Å². The van der Waals surface area contributed by atoms with Gasteiger partial charge in [-0.15, -0.1) is 11.3 Å². The molecule has 0 atom stereocenters. The molecule has 1 aliphatic rings. The van der Waals surface area contributed by atoms with Gasteiger partial charge >= 0.3 is 0 Å². The predicted molar refractivity (Wildman–Crippen MR) is 84.2 cm³/mol. The Labute approximate surface area is 124 Å². The van der Waals surface area contributed by atoms with E-state index in [0.717, 1.165) is 16.3 Å². The highest BCUT2D eigenvalue weighted by Crippen LogP contribution is 2.31. The van der Waals surface area contributed by atoms with Gasteiger partial charge in [-0.3, -0.25) is 4.40 Å². The van der Waals surface area contributed by atoms with Gasteiger partial charge < -0.3 is 5.11 Å². The third-order valence-corrected chi connectivity index (χ3v) is 5.20. The Morgan fingerprint density at radius 2 is 2.15 bits per heavy atom. The number of rotatable bonds is 3. The third-order valence-electron chi connectivity index (χ3n) is 4.30. The second kappa shape index (κ2) is 5.70. The Morgan fingerprint density at radius 1 is 1.40 bits per heavy atom. The maximum absolute atomic E-state index is 9.75. The predicted octanol–water partition coefficient (Wildman–Crippen LogP) is 3.97. The Hall–Kier alpha value is -1.13. The molecule has 2 aromatic rings. The molecule has 2 aromatic heterocycles. The number of aliphatic hydroxyl groups excluding tert-OH is 1. The summed E-state index contributed by atoms with van der Waals surface area (Å²) >= 11 is 1.72. The van der Waals surface area contributed by atoms with E-state index >= 15 is 0 Å². The Balaban J connectivity index is 1.99. The first-order chi connectivity index (χ1) is 9.69. The van der Waals surface area contributed by atoms with E-state index in [-0.39, 0.29) is 6.61 Å². The van der Waals surface area contributed by atoms with Crippen molar-refractivity contribution in [2.24, 2.45) is 5.92 Å². The second-order valence-corrected chi connectivity index (χ2v) is 7.00.